The van der Waals surface area contributed by atoms with E-state index < -0.39 is 0 Å². The number of halogens is 1. The third-order valence-electron chi connectivity index (χ3n) is 2.37. The first-order chi connectivity index (χ1) is 8.67. The molecule has 2 rings (SSSR count). The Morgan fingerprint density at radius 2 is 2.28 bits per heavy atom. The minimum absolute atomic E-state index is 0.107. The maximum Gasteiger partial charge on any atom is 0.325 e. The number of hydrogen-bond acceptors (Lipinski definition) is 5. The standard InChI is InChI=1S/C11H12BrN3O3/c1-3-18-8(16)5-15-4-7(12)9-10(15)13-6-14-11(9)17-2/h4,6H,3,5H2,1-2H3. The Morgan fingerprint density at radius 3 is 2.94 bits per heavy atom. The molecule has 0 aliphatic rings. The van der Waals surface area contributed by atoms with Gasteiger partial charge in [0.25, 0.3) is 0 Å². The predicted octanol–water partition coefficient (Wildman–Crippen LogP) is 1.77. The SMILES string of the molecule is CCOC(=O)Cn1cc(Br)c2c(OC)ncnc21. The van der Waals surface area contributed by atoms with Crippen LogP contribution in [0.4, 0.5) is 0 Å². The molecule has 0 bridgehead atoms. The fourth-order valence-corrected chi connectivity index (χ4v) is 2.27. The van der Waals surface area contributed by atoms with Gasteiger partial charge in [-0.3, -0.25) is 4.79 Å². The molecule has 18 heavy (non-hydrogen) atoms. The van der Waals surface area contributed by atoms with Gasteiger partial charge in [0.2, 0.25) is 5.88 Å². The van der Waals surface area contributed by atoms with Gasteiger partial charge in [0.15, 0.2) is 0 Å². The zero-order valence-corrected chi connectivity index (χ0v) is 11.6. The van der Waals surface area contributed by atoms with E-state index in [0.29, 0.717) is 18.1 Å². The van der Waals surface area contributed by atoms with Crippen LogP contribution in [-0.2, 0) is 16.1 Å². The van der Waals surface area contributed by atoms with Gasteiger partial charge in [0.1, 0.15) is 18.5 Å². The molecule has 0 N–H and O–H groups in total. The molecule has 2 aromatic heterocycles. The Bertz CT molecular complexity index is 582. The Labute approximate surface area is 112 Å². The lowest BCUT2D eigenvalue weighted by Gasteiger charge is -2.04. The molecule has 0 aromatic carbocycles. The van der Waals surface area contributed by atoms with Crippen molar-refractivity contribution in [2.75, 3.05) is 13.7 Å². The van der Waals surface area contributed by atoms with Crippen LogP contribution in [0.25, 0.3) is 11.0 Å². The highest BCUT2D eigenvalue weighted by molar-refractivity contribution is 9.10. The van der Waals surface area contributed by atoms with Crippen molar-refractivity contribution in [2.45, 2.75) is 13.5 Å². The van der Waals surface area contributed by atoms with Crippen molar-refractivity contribution in [1.82, 2.24) is 14.5 Å². The van der Waals surface area contributed by atoms with Crippen molar-refractivity contribution in [1.29, 1.82) is 0 Å². The average molecular weight is 314 g/mol. The maximum atomic E-state index is 11.5. The van der Waals surface area contributed by atoms with Crippen LogP contribution >= 0.6 is 15.9 Å². The van der Waals surface area contributed by atoms with E-state index in [4.69, 9.17) is 9.47 Å². The largest absolute Gasteiger partial charge is 0.480 e. The summed E-state index contributed by atoms with van der Waals surface area (Å²) in [5.41, 5.74) is 0.627. The molecule has 0 atom stereocenters. The van der Waals surface area contributed by atoms with Crippen LogP contribution in [0.1, 0.15) is 6.92 Å². The number of hydrogen-bond donors (Lipinski definition) is 0. The van der Waals surface area contributed by atoms with Crippen LogP contribution in [0.2, 0.25) is 0 Å². The number of esters is 1. The number of carbonyl (C=O) groups excluding carboxylic acids is 1. The summed E-state index contributed by atoms with van der Waals surface area (Å²) < 4.78 is 12.5. The first-order valence-corrected chi connectivity index (χ1v) is 6.15. The van der Waals surface area contributed by atoms with Gasteiger partial charge in [-0.15, -0.1) is 0 Å². The summed E-state index contributed by atoms with van der Waals surface area (Å²) in [6.45, 7) is 2.24. The van der Waals surface area contributed by atoms with Gasteiger partial charge in [-0.25, -0.2) is 9.97 Å². The van der Waals surface area contributed by atoms with Crippen molar-refractivity contribution in [3.63, 3.8) is 0 Å². The van der Waals surface area contributed by atoms with E-state index in [1.807, 2.05) is 0 Å². The number of methoxy groups -OCH3 is 1. The lowest BCUT2D eigenvalue weighted by molar-refractivity contribution is -0.143. The van der Waals surface area contributed by atoms with Crippen LogP contribution in [-0.4, -0.2) is 34.2 Å². The van der Waals surface area contributed by atoms with Gasteiger partial charge in [0, 0.05) is 6.20 Å². The topological polar surface area (TPSA) is 66.2 Å². The molecule has 0 saturated heterocycles. The van der Waals surface area contributed by atoms with Crippen LogP contribution in [0.15, 0.2) is 17.0 Å². The number of ether oxygens (including phenoxy) is 2. The Hall–Kier alpha value is -1.63. The van der Waals surface area contributed by atoms with Crippen molar-refractivity contribution >= 4 is 32.9 Å². The van der Waals surface area contributed by atoms with Crippen LogP contribution in [0.5, 0.6) is 5.88 Å². The smallest absolute Gasteiger partial charge is 0.325 e. The second-order valence-electron chi connectivity index (χ2n) is 3.49. The quantitative estimate of drug-likeness (QED) is 0.805. The third-order valence-corrected chi connectivity index (χ3v) is 2.97. The lowest BCUT2D eigenvalue weighted by Crippen LogP contribution is -2.13. The van der Waals surface area contributed by atoms with E-state index in [0.717, 1.165) is 9.86 Å². The fraction of sp³-hybridized carbons (Fsp3) is 0.364. The van der Waals surface area contributed by atoms with Crippen molar-refractivity contribution < 1.29 is 14.3 Å². The third kappa shape index (κ3) is 2.31. The van der Waals surface area contributed by atoms with E-state index in [1.54, 1.807) is 17.7 Å². The van der Waals surface area contributed by atoms with Gasteiger partial charge in [-0.1, -0.05) is 0 Å². The summed E-state index contributed by atoms with van der Waals surface area (Å²) in [5.74, 6) is 0.161. The first kappa shape index (κ1) is 12.8. The summed E-state index contributed by atoms with van der Waals surface area (Å²) in [6, 6.07) is 0. The fourth-order valence-electron chi connectivity index (χ4n) is 1.67. The molecule has 2 heterocycles. The van der Waals surface area contributed by atoms with E-state index >= 15 is 0 Å². The second kappa shape index (κ2) is 5.34. The monoisotopic (exact) mass is 313 g/mol. The van der Waals surface area contributed by atoms with E-state index in [1.165, 1.54) is 13.4 Å². The molecular formula is C11H12BrN3O3. The number of aromatic nitrogens is 3. The van der Waals surface area contributed by atoms with Gasteiger partial charge in [-0.05, 0) is 22.9 Å². The summed E-state index contributed by atoms with van der Waals surface area (Å²) in [6.07, 6.45) is 3.16. The normalized spacial score (nSPS) is 10.6. The van der Waals surface area contributed by atoms with Crippen molar-refractivity contribution in [2.24, 2.45) is 0 Å². The highest BCUT2D eigenvalue weighted by Crippen LogP contribution is 2.30. The Morgan fingerprint density at radius 1 is 1.50 bits per heavy atom. The minimum Gasteiger partial charge on any atom is -0.480 e. The molecule has 0 fully saturated rings. The zero-order valence-electron chi connectivity index (χ0n) is 10.0. The molecule has 0 aliphatic carbocycles. The summed E-state index contributed by atoms with van der Waals surface area (Å²) >= 11 is 3.41. The Balaban J connectivity index is 2.44. The highest BCUT2D eigenvalue weighted by atomic mass is 79.9. The number of carbonyl (C=O) groups is 1. The van der Waals surface area contributed by atoms with Gasteiger partial charge in [-0.2, -0.15) is 0 Å². The molecule has 0 aliphatic heterocycles. The minimum atomic E-state index is -0.306. The molecule has 0 saturated carbocycles. The number of nitrogens with zero attached hydrogens (tertiary/aromatic N) is 3. The zero-order chi connectivity index (χ0) is 13.1. The lowest BCUT2D eigenvalue weighted by atomic mass is 10.4. The summed E-state index contributed by atoms with van der Waals surface area (Å²) in [7, 11) is 1.54. The Kier molecular flexibility index (Phi) is 3.81. The second-order valence-corrected chi connectivity index (χ2v) is 4.35. The first-order valence-electron chi connectivity index (χ1n) is 5.36. The molecule has 0 amide bonds. The van der Waals surface area contributed by atoms with Gasteiger partial charge in [0.05, 0.1) is 23.6 Å². The molecule has 0 unspecified atom stereocenters. The van der Waals surface area contributed by atoms with Crippen LogP contribution in [0, 0.1) is 0 Å². The van der Waals surface area contributed by atoms with E-state index in [9.17, 15) is 4.79 Å². The van der Waals surface area contributed by atoms with E-state index in [2.05, 4.69) is 25.9 Å². The van der Waals surface area contributed by atoms with Crippen molar-refractivity contribution in [3.8, 4) is 5.88 Å². The molecule has 6 nitrogen and oxygen atoms in total. The molecule has 0 radical (unpaired) electrons. The average Bonchev–Trinajstić information content (AvgIpc) is 2.67. The van der Waals surface area contributed by atoms with Crippen LogP contribution in [0.3, 0.4) is 0 Å². The molecule has 7 heteroatoms. The molecule has 2 aromatic rings. The summed E-state index contributed by atoms with van der Waals surface area (Å²) in [5, 5.41) is 0.740. The van der Waals surface area contributed by atoms with E-state index in [-0.39, 0.29) is 12.5 Å². The van der Waals surface area contributed by atoms with Crippen LogP contribution < -0.4 is 4.74 Å². The predicted molar refractivity (Wildman–Crippen MR) is 68.4 cm³/mol. The molecule has 96 valence electrons. The molecular weight excluding hydrogens is 302 g/mol. The summed E-state index contributed by atoms with van der Waals surface area (Å²) in [4.78, 5) is 19.7. The van der Waals surface area contributed by atoms with Gasteiger partial charge >= 0.3 is 5.97 Å². The highest BCUT2D eigenvalue weighted by Gasteiger charge is 2.15. The number of fused-ring (bicyclic) bond motifs is 1. The molecule has 0 spiro atoms. The van der Waals surface area contributed by atoms with Crippen molar-refractivity contribution in [3.05, 3.63) is 17.0 Å². The maximum absolute atomic E-state index is 11.5. The number of rotatable bonds is 4. The van der Waals surface area contributed by atoms with Gasteiger partial charge < -0.3 is 14.0 Å².